The van der Waals surface area contributed by atoms with Crippen LogP contribution in [0.5, 0.6) is 5.75 Å². The molecule has 0 radical (unpaired) electrons. The van der Waals surface area contributed by atoms with Crippen LogP contribution in [0.4, 0.5) is 11.4 Å². The van der Waals surface area contributed by atoms with Gasteiger partial charge in [-0.1, -0.05) is 6.07 Å². The molecule has 0 saturated carbocycles. The smallest absolute Gasteiger partial charge is 0.311 e. The molecule has 3 aromatic carbocycles. The quantitative estimate of drug-likeness (QED) is 0.191. The van der Waals surface area contributed by atoms with Gasteiger partial charge in [-0.05, 0) is 93.0 Å². The lowest BCUT2D eigenvalue weighted by molar-refractivity contribution is -0.385. The van der Waals surface area contributed by atoms with Crippen LogP contribution in [0.2, 0.25) is 0 Å². The van der Waals surface area contributed by atoms with Crippen LogP contribution in [0, 0.1) is 30.9 Å². The van der Waals surface area contributed by atoms with Gasteiger partial charge in [0.2, 0.25) is 5.89 Å². The summed E-state index contributed by atoms with van der Waals surface area (Å²) in [6.07, 6.45) is 0. The number of benzene rings is 3. The average Bonchev–Trinajstić information content (AvgIpc) is 3.23. The molecule has 0 aliphatic rings. The number of amides is 1. The molecule has 0 unspecified atom stereocenters. The monoisotopic (exact) mass is 504 g/mol. The summed E-state index contributed by atoms with van der Waals surface area (Å²) >= 11 is 5.32. The zero-order valence-electron chi connectivity index (χ0n) is 20.2. The fourth-order valence-electron chi connectivity index (χ4n) is 3.71. The Balaban J connectivity index is 1.53. The minimum Gasteiger partial charge on any atom is -0.487 e. The summed E-state index contributed by atoms with van der Waals surface area (Å²) in [5.74, 6) is -0.0124. The lowest BCUT2D eigenvalue weighted by Gasteiger charge is -2.13. The van der Waals surface area contributed by atoms with Crippen LogP contribution in [-0.4, -0.2) is 27.5 Å². The van der Waals surface area contributed by atoms with E-state index in [-0.39, 0.29) is 28.7 Å². The van der Waals surface area contributed by atoms with Gasteiger partial charge in [0.1, 0.15) is 5.52 Å². The van der Waals surface area contributed by atoms with Gasteiger partial charge in [-0.25, -0.2) is 4.98 Å². The van der Waals surface area contributed by atoms with Crippen molar-refractivity contribution in [3.05, 3.63) is 80.9 Å². The molecular formula is C26H24N4O5S. The topological polar surface area (TPSA) is 120 Å². The van der Waals surface area contributed by atoms with E-state index >= 15 is 0 Å². The van der Waals surface area contributed by atoms with E-state index < -0.39 is 10.8 Å². The van der Waals surface area contributed by atoms with Crippen LogP contribution in [-0.2, 0) is 0 Å². The second-order valence-corrected chi connectivity index (χ2v) is 8.59. The zero-order valence-corrected chi connectivity index (χ0v) is 21.0. The molecule has 0 atom stereocenters. The third-order valence-electron chi connectivity index (χ3n) is 5.76. The van der Waals surface area contributed by atoms with E-state index in [2.05, 4.69) is 15.6 Å². The van der Waals surface area contributed by atoms with Crippen molar-refractivity contribution in [1.29, 1.82) is 0 Å². The number of aromatic nitrogens is 1. The van der Waals surface area contributed by atoms with Crippen molar-refractivity contribution in [1.82, 2.24) is 10.3 Å². The lowest BCUT2D eigenvalue weighted by Crippen LogP contribution is -2.34. The second-order valence-electron chi connectivity index (χ2n) is 8.18. The van der Waals surface area contributed by atoms with E-state index in [1.165, 1.54) is 12.1 Å². The molecule has 4 aromatic rings. The van der Waals surface area contributed by atoms with E-state index in [1.807, 2.05) is 51.1 Å². The summed E-state index contributed by atoms with van der Waals surface area (Å²) in [6.45, 7) is 7.93. The molecule has 1 heterocycles. The number of carbonyl (C=O) groups excluding carboxylic acids is 1. The number of nitro benzene ring substituents is 1. The highest BCUT2D eigenvalue weighted by molar-refractivity contribution is 7.80. The van der Waals surface area contributed by atoms with Gasteiger partial charge in [-0.15, -0.1) is 0 Å². The first-order valence-corrected chi connectivity index (χ1v) is 11.6. The van der Waals surface area contributed by atoms with Gasteiger partial charge in [0.25, 0.3) is 5.91 Å². The molecule has 1 aromatic heterocycles. The molecule has 0 fully saturated rings. The number of ether oxygens (including phenoxy) is 1. The molecule has 4 rings (SSSR count). The Hall–Kier alpha value is -4.31. The molecule has 1 amide bonds. The molecule has 0 bridgehead atoms. The Morgan fingerprint density at radius 1 is 1.14 bits per heavy atom. The first-order chi connectivity index (χ1) is 17.2. The van der Waals surface area contributed by atoms with E-state index in [4.69, 9.17) is 21.4 Å². The highest BCUT2D eigenvalue weighted by Crippen LogP contribution is 2.32. The Morgan fingerprint density at radius 2 is 1.89 bits per heavy atom. The van der Waals surface area contributed by atoms with E-state index in [9.17, 15) is 14.9 Å². The standard InChI is InChI=1S/C26H24N4O5S/c1-5-34-22-10-9-17(13-21(22)30(32)33)24(31)29-26(36)28-19-8-6-7-18(16(19)4)25-27-20-11-14(2)15(3)12-23(20)35-25/h6-13H,5H2,1-4H3,(H2,28,29,31,36). The summed E-state index contributed by atoms with van der Waals surface area (Å²) in [5, 5.41) is 17.0. The maximum Gasteiger partial charge on any atom is 0.311 e. The van der Waals surface area contributed by atoms with Gasteiger partial charge < -0.3 is 14.5 Å². The molecule has 184 valence electrons. The number of nitrogens with zero attached hydrogens (tertiary/aromatic N) is 2. The number of aryl methyl sites for hydroxylation is 2. The number of fused-ring (bicyclic) bond motifs is 1. The van der Waals surface area contributed by atoms with Crippen molar-refractivity contribution in [2.45, 2.75) is 27.7 Å². The van der Waals surface area contributed by atoms with Crippen LogP contribution >= 0.6 is 12.2 Å². The molecule has 0 aliphatic heterocycles. The summed E-state index contributed by atoms with van der Waals surface area (Å²) in [5.41, 5.74) is 5.78. The molecule has 0 spiro atoms. The Kier molecular flexibility index (Phi) is 6.98. The van der Waals surface area contributed by atoms with E-state index in [0.29, 0.717) is 17.2 Å². The SMILES string of the molecule is CCOc1ccc(C(=O)NC(=S)Nc2cccc(-c3nc4cc(C)c(C)cc4o3)c2C)cc1[N+](=O)[O-]. The summed E-state index contributed by atoms with van der Waals surface area (Å²) < 4.78 is 11.3. The van der Waals surface area contributed by atoms with Crippen molar-refractivity contribution in [2.75, 3.05) is 11.9 Å². The minimum absolute atomic E-state index is 0.0422. The van der Waals surface area contributed by atoms with Crippen LogP contribution in [0.15, 0.2) is 52.9 Å². The zero-order chi connectivity index (χ0) is 26.0. The molecular weight excluding hydrogens is 480 g/mol. The number of hydrogen-bond donors (Lipinski definition) is 2. The van der Waals surface area contributed by atoms with Gasteiger partial charge in [0.15, 0.2) is 16.4 Å². The predicted octanol–water partition coefficient (Wildman–Crippen LogP) is 5.85. The maximum absolute atomic E-state index is 12.7. The van der Waals surface area contributed by atoms with Crippen molar-refractivity contribution in [2.24, 2.45) is 0 Å². The number of thiocarbonyl (C=S) groups is 1. The van der Waals surface area contributed by atoms with Crippen LogP contribution < -0.4 is 15.4 Å². The maximum atomic E-state index is 12.7. The molecule has 36 heavy (non-hydrogen) atoms. The van der Waals surface area contributed by atoms with E-state index in [1.54, 1.807) is 6.92 Å². The van der Waals surface area contributed by atoms with Crippen molar-refractivity contribution in [3.8, 4) is 17.2 Å². The summed E-state index contributed by atoms with van der Waals surface area (Å²) in [4.78, 5) is 28.1. The molecule has 0 saturated heterocycles. The molecule has 9 nitrogen and oxygen atoms in total. The largest absolute Gasteiger partial charge is 0.487 e. The van der Waals surface area contributed by atoms with Crippen molar-refractivity contribution >= 4 is 45.7 Å². The van der Waals surface area contributed by atoms with Crippen LogP contribution in [0.3, 0.4) is 0 Å². The summed E-state index contributed by atoms with van der Waals surface area (Å²) in [7, 11) is 0. The number of anilines is 1. The fourth-order valence-corrected chi connectivity index (χ4v) is 3.91. The minimum atomic E-state index is -0.595. The van der Waals surface area contributed by atoms with Gasteiger partial charge in [-0.3, -0.25) is 20.2 Å². The Bertz CT molecular complexity index is 1470. The first-order valence-electron chi connectivity index (χ1n) is 11.2. The highest BCUT2D eigenvalue weighted by Gasteiger charge is 2.20. The molecule has 2 N–H and O–H groups in total. The predicted molar refractivity (Wildman–Crippen MR) is 142 cm³/mol. The summed E-state index contributed by atoms with van der Waals surface area (Å²) in [6, 6.07) is 13.5. The normalized spacial score (nSPS) is 10.8. The van der Waals surface area contributed by atoms with Crippen molar-refractivity contribution < 1.29 is 18.9 Å². The van der Waals surface area contributed by atoms with E-state index in [0.717, 1.165) is 33.8 Å². The lowest BCUT2D eigenvalue weighted by atomic mass is 10.1. The third-order valence-corrected chi connectivity index (χ3v) is 5.97. The van der Waals surface area contributed by atoms with Gasteiger partial charge in [0.05, 0.1) is 11.5 Å². The second kappa shape index (κ2) is 10.1. The number of nitrogens with one attached hydrogen (secondary N) is 2. The first kappa shape index (κ1) is 24.8. The highest BCUT2D eigenvalue weighted by atomic mass is 32.1. The Morgan fingerprint density at radius 3 is 2.61 bits per heavy atom. The molecule has 10 heteroatoms. The molecule has 0 aliphatic carbocycles. The van der Waals surface area contributed by atoms with Gasteiger partial charge >= 0.3 is 5.69 Å². The van der Waals surface area contributed by atoms with Gasteiger partial charge in [-0.2, -0.15) is 0 Å². The van der Waals surface area contributed by atoms with Gasteiger partial charge in [0, 0.05) is 22.9 Å². The average molecular weight is 505 g/mol. The number of rotatable bonds is 6. The van der Waals surface area contributed by atoms with Crippen LogP contribution in [0.1, 0.15) is 34.0 Å². The number of oxazole rings is 1. The van der Waals surface area contributed by atoms with Crippen LogP contribution in [0.25, 0.3) is 22.6 Å². The van der Waals surface area contributed by atoms with Crippen molar-refractivity contribution in [3.63, 3.8) is 0 Å². The number of carbonyl (C=O) groups is 1. The fraction of sp³-hybridized carbons (Fsp3) is 0.192. The third kappa shape index (κ3) is 5.03. The Labute approximate surface area is 212 Å². The number of nitro groups is 1. The number of hydrogen-bond acceptors (Lipinski definition) is 7.